The maximum Gasteiger partial charge on any atom is 0.0121 e. The van der Waals surface area contributed by atoms with Gasteiger partial charge in [-0.15, -0.1) is 0 Å². The monoisotopic (exact) mass is 321 g/mol. The summed E-state index contributed by atoms with van der Waals surface area (Å²) in [4.78, 5) is 8.21. The second-order valence-corrected chi connectivity index (χ2v) is 9.27. The van der Waals surface area contributed by atoms with E-state index in [1.807, 2.05) is 0 Å². The largest absolute Gasteiger partial charge is 0.303 e. The summed E-state index contributed by atoms with van der Waals surface area (Å²) in [5, 5.41) is 0. The maximum absolute atomic E-state index is 2.79. The molecule has 134 valence electrons. The van der Waals surface area contributed by atoms with Crippen LogP contribution in [0.15, 0.2) is 0 Å². The minimum atomic E-state index is 0.712. The average Bonchev–Trinajstić information content (AvgIpc) is 3.26. The molecule has 0 aromatic carbocycles. The molecule has 0 aromatic heterocycles. The van der Waals surface area contributed by atoms with E-state index in [9.17, 15) is 0 Å². The molecule has 0 radical (unpaired) electrons. The third-order valence-electron chi connectivity index (χ3n) is 6.51. The lowest BCUT2D eigenvalue weighted by Gasteiger charge is -2.44. The molecule has 0 spiro atoms. The van der Waals surface area contributed by atoms with Crippen LogP contribution in [0.1, 0.15) is 59.8 Å². The van der Waals surface area contributed by atoms with Crippen LogP contribution in [0, 0.1) is 11.3 Å². The fourth-order valence-corrected chi connectivity index (χ4v) is 5.01. The maximum atomic E-state index is 2.79. The van der Waals surface area contributed by atoms with Crippen LogP contribution in [0.4, 0.5) is 0 Å². The first-order chi connectivity index (χ1) is 11.0. The highest BCUT2D eigenvalue weighted by atomic mass is 15.3. The Bertz CT molecular complexity index is 359. The minimum Gasteiger partial charge on any atom is -0.303 e. The van der Waals surface area contributed by atoms with Gasteiger partial charge in [0.15, 0.2) is 0 Å². The fraction of sp³-hybridized carbons (Fsp3) is 1.00. The first kappa shape index (κ1) is 17.7. The third-order valence-corrected chi connectivity index (χ3v) is 6.51. The number of likely N-dealkylation sites (tertiary alicyclic amines) is 1. The molecule has 0 N–H and O–H groups in total. The van der Waals surface area contributed by atoms with Crippen molar-refractivity contribution >= 4 is 0 Å². The second-order valence-electron chi connectivity index (χ2n) is 9.27. The Kier molecular flexibility index (Phi) is 5.70. The minimum absolute atomic E-state index is 0.712. The van der Waals surface area contributed by atoms with E-state index in [1.54, 1.807) is 0 Å². The van der Waals surface area contributed by atoms with Crippen molar-refractivity contribution in [2.75, 3.05) is 45.8 Å². The van der Waals surface area contributed by atoms with Gasteiger partial charge in [-0.3, -0.25) is 9.80 Å². The van der Waals surface area contributed by atoms with Gasteiger partial charge < -0.3 is 4.90 Å². The molecule has 1 saturated carbocycles. The summed E-state index contributed by atoms with van der Waals surface area (Å²) in [7, 11) is 0. The molecule has 23 heavy (non-hydrogen) atoms. The topological polar surface area (TPSA) is 9.72 Å². The summed E-state index contributed by atoms with van der Waals surface area (Å²) in [6.07, 6.45) is 7.23. The highest BCUT2D eigenvalue weighted by Gasteiger charge is 2.44. The lowest BCUT2D eigenvalue weighted by molar-refractivity contribution is 0.0436. The third kappa shape index (κ3) is 4.70. The number of hydrogen-bond donors (Lipinski definition) is 0. The predicted molar refractivity (Wildman–Crippen MR) is 98.9 cm³/mol. The lowest BCUT2D eigenvalue weighted by atomic mass is 9.92. The van der Waals surface area contributed by atoms with Crippen LogP contribution in [0.25, 0.3) is 0 Å². The summed E-state index contributed by atoms with van der Waals surface area (Å²) >= 11 is 0. The second kappa shape index (κ2) is 7.41. The Labute approximate surface area is 144 Å². The van der Waals surface area contributed by atoms with Crippen molar-refractivity contribution in [3.8, 4) is 0 Å². The normalized spacial score (nSPS) is 27.9. The van der Waals surface area contributed by atoms with Crippen molar-refractivity contribution in [1.29, 1.82) is 0 Å². The molecule has 0 atom stereocenters. The molecule has 0 aromatic rings. The lowest BCUT2D eigenvalue weighted by Crippen LogP contribution is -2.54. The molecule has 3 heteroatoms. The van der Waals surface area contributed by atoms with Gasteiger partial charge in [0.2, 0.25) is 0 Å². The molecule has 0 amide bonds. The molecule has 3 rings (SSSR count). The van der Waals surface area contributed by atoms with Crippen LogP contribution in [-0.4, -0.2) is 72.6 Å². The first-order valence-corrected chi connectivity index (χ1v) is 10.2. The number of piperidine rings is 1. The highest BCUT2D eigenvalue weighted by molar-refractivity contribution is 4.97. The standard InChI is InChI=1S/C20H39N3/c1-17(2)15-20(7-8-20)16-21-9-5-19(6-10-21)23-13-11-22(12-14-23)18(3)4/h17-19H,5-16H2,1-4H3. The Morgan fingerprint density at radius 3 is 1.96 bits per heavy atom. The van der Waals surface area contributed by atoms with E-state index >= 15 is 0 Å². The van der Waals surface area contributed by atoms with Gasteiger partial charge >= 0.3 is 0 Å². The van der Waals surface area contributed by atoms with Crippen molar-refractivity contribution in [2.24, 2.45) is 11.3 Å². The highest BCUT2D eigenvalue weighted by Crippen LogP contribution is 2.51. The van der Waals surface area contributed by atoms with E-state index in [0.29, 0.717) is 5.41 Å². The van der Waals surface area contributed by atoms with Crippen LogP contribution in [0.3, 0.4) is 0 Å². The summed E-state index contributed by atoms with van der Waals surface area (Å²) in [6.45, 7) is 18.7. The Morgan fingerprint density at radius 1 is 0.870 bits per heavy atom. The fourth-order valence-electron chi connectivity index (χ4n) is 5.01. The van der Waals surface area contributed by atoms with Crippen molar-refractivity contribution in [3.63, 3.8) is 0 Å². The van der Waals surface area contributed by atoms with E-state index in [2.05, 4.69) is 42.4 Å². The van der Waals surface area contributed by atoms with Gasteiger partial charge in [0.05, 0.1) is 0 Å². The molecule has 3 nitrogen and oxygen atoms in total. The van der Waals surface area contributed by atoms with Gasteiger partial charge in [0.1, 0.15) is 0 Å². The van der Waals surface area contributed by atoms with Crippen LogP contribution in [-0.2, 0) is 0 Å². The average molecular weight is 322 g/mol. The van der Waals surface area contributed by atoms with Crippen LogP contribution in [0.2, 0.25) is 0 Å². The van der Waals surface area contributed by atoms with Gasteiger partial charge in [-0.1, -0.05) is 13.8 Å². The van der Waals surface area contributed by atoms with Gasteiger partial charge in [-0.05, 0) is 70.4 Å². The van der Waals surface area contributed by atoms with Gasteiger partial charge in [0.25, 0.3) is 0 Å². The number of rotatable bonds is 6. The van der Waals surface area contributed by atoms with E-state index in [4.69, 9.17) is 0 Å². The summed E-state index contributed by atoms with van der Waals surface area (Å²) in [5.74, 6) is 0.868. The Morgan fingerprint density at radius 2 is 1.48 bits per heavy atom. The van der Waals surface area contributed by atoms with E-state index in [1.165, 1.54) is 77.9 Å². The van der Waals surface area contributed by atoms with E-state index in [-0.39, 0.29) is 0 Å². The Hall–Kier alpha value is -0.120. The molecule has 1 aliphatic carbocycles. The number of nitrogens with zero attached hydrogens (tertiary/aromatic N) is 3. The molecule has 2 saturated heterocycles. The molecule has 0 bridgehead atoms. The van der Waals surface area contributed by atoms with E-state index < -0.39 is 0 Å². The van der Waals surface area contributed by atoms with Crippen molar-refractivity contribution in [1.82, 2.24) is 14.7 Å². The SMILES string of the molecule is CC(C)CC1(CN2CCC(N3CCN(C(C)C)CC3)CC2)CC1. The molecule has 0 unspecified atom stereocenters. The summed E-state index contributed by atoms with van der Waals surface area (Å²) < 4.78 is 0. The van der Waals surface area contributed by atoms with Crippen LogP contribution >= 0.6 is 0 Å². The predicted octanol–water partition coefficient (Wildman–Crippen LogP) is 3.30. The van der Waals surface area contributed by atoms with Gasteiger partial charge in [-0.2, -0.15) is 0 Å². The molecular weight excluding hydrogens is 282 g/mol. The van der Waals surface area contributed by atoms with Gasteiger partial charge in [-0.25, -0.2) is 0 Å². The molecule has 3 aliphatic rings. The van der Waals surface area contributed by atoms with Crippen LogP contribution < -0.4 is 0 Å². The van der Waals surface area contributed by atoms with Crippen molar-refractivity contribution < 1.29 is 0 Å². The van der Waals surface area contributed by atoms with Crippen molar-refractivity contribution in [3.05, 3.63) is 0 Å². The Balaban J connectivity index is 1.39. The molecule has 2 aliphatic heterocycles. The smallest absolute Gasteiger partial charge is 0.0121 e. The zero-order chi connectivity index (χ0) is 16.4. The molecular formula is C20H39N3. The zero-order valence-corrected chi connectivity index (χ0v) is 16.1. The summed E-state index contributed by atoms with van der Waals surface area (Å²) in [5.41, 5.74) is 0.712. The quantitative estimate of drug-likeness (QED) is 0.743. The first-order valence-electron chi connectivity index (χ1n) is 10.2. The number of piperazine rings is 1. The number of hydrogen-bond acceptors (Lipinski definition) is 3. The van der Waals surface area contributed by atoms with E-state index in [0.717, 1.165) is 18.0 Å². The molecule has 3 fully saturated rings. The summed E-state index contributed by atoms with van der Waals surface area (Å²) in [6, 6.07) is 1.58. The van der Waals surface area contributed by atoms with Gasteiger partial charge in [0, 0.05) is 44.8 Å². The van der Waals surface area contributed by atoms with Crippen molar-refractivity contribution in [2.45, 2.75) is 71.9 Å². The van der Waals surface area contributed by atoms with Crippen LogP contribution in [0.5, 0.6) is 0 Å². The zero-order valence-electron chi connectivity index (χ0n) is 16.1. The molecule has 2 heterocycles.